The zero-order valence-electron chi connectivity index (χ0n) is 18.6. The third kappa shape index (κ3) is 4.39. The molecule has 0 atom stereocenters. The van der Waals surface area contributed by atoms with Crippen LogP contribution in [0.2, 0.25) is 0 Å². The lowest BCUT2D eigenvalue weighted by molar-refractivity contribution is -0.131. The van der Waals surface area contributed by atoms with E-state index < -0.39 is 11.8 Å². The Labute approximate surface area is 190 Å². The summed E-state index contributed by atoms with van der Waals surface area (Å²) in [7, 11) is 3.10. The van der Waals surface area contributed by atoms with Crippen LogP contribution in [0, 0.1) is 5.82 Å². The van der Waals surface area contributed by atoms with E-state index in [9.17, 15) is 14.0 Å². The molecule has 33 heavy (non-hydrogen) atoms. The Morgan fingerprint density at radius 2 is 1.97 bits per heavy atom. The molecule has 1 aliphatic rings. The number of benzene rings is 2. The van der Waals surface area contributed by atoms with E-state index in [0.717, 1.165) is 5.56 Å². The maximum atomic E-state index is 14.0. The summed E-state index contributed by atoms with van der Waals surface area (Å²) in [6.45, 7) is 2.23. The molecule has 1 amide bonds. The Hall–Kier alpha value is -3.88. The number of carbonyl (C=O) groups excluding carboxylic acids is 2. The minimum atomic E-state index is -0.579. The van der Waals surface area contributed by atoms with E-state index in [2.05, 4.69) is 4.98 Å². The highest BCUT2D eigenvalue weighted by molar-refractivity contribution is 5.89. The molecule has 1 aromatic heterocycles. The number of halogens is 1. The summed E-state index contributed by atoms with van der Waals surface area (Å²) in [6.07, 6.45) is 1.50. The SMILES string of the molecule is CCOC(=O)c1ncn2c1CN(Cc1ccc(OC)cc1OC)C(=O)Cc1cc(F)ccc1-2. The zero-order chi connectivity index (χ0) is 23.5. The molecule has 172 valence electrons. The van der Waals surface area contributed by atoms with E-state index in [1.807, 2.05) is 6.07 Å². The van der Waals surface area contributed by atoms with Gasteiger partial charge in [0, 0.05) is 18.2 Å². The summed E-state index contributed by atoms with van der Waals surface area (Å²) < 4.78 is 31.6. The van der Waals surface area contributed by atoms with Crippen molar-refractivity contribution in [3.05, 3.63) is 71.1 Å². The summed E-state index contributed by atoms with van der Waals surface area (Å²) >= 11 is 0. The molecule has 0 aliphatic carbocycles. The lowest BCUT2D eigenvalue weighted by Crippen LogP contribution is -2.34. The summed E-state index contributed by atoms with van der Waals surface area (Å²) in [5.41, 5.74) is 2.47. The van der Waals surface area contributed by atoms with Crippen LogP contribution in [-0.2, 0) is 29.0 Å². The smallest absolute Gasteiger partial charge is 0.358 e. The van der Waals surface area contributed by atoms with Crippen molar-refractivity contribution in [2.45, 2.75) is 26.4 Å². The second-order valence-corrected chi connectivity index (χ2v) is 7.51. The molecule has 0 unspecified atom stereocenters. The Morgan fingerprint density at radius 1 is 1.15 bits per heavy atom. The molecule has 9 heteroatoms. The van der Waals surface area contributed by atoms with Crippen molar-refractivity contribution in [3.63, 3.8) is 0 Å². The lowest BCUT2D eigenvalue weighted by atomic mass is 10.0. The predicted octanol–water partition coefficient (Wildman–Crippen LogP) is 3.29. The highest BCUT2D eigenvalue weighted by Gasteiger charge is 2.29. The van der Waals surface area contributed by atoms with Crippen molar-refractivity contribution in [1.82, 2.24) is 14.5 Å². The number of rotatable bonds is 6. The summed E-state index contributed by atoms with van der Waals surface area (Å²) in [6, 6.07) is 9.58. The van der Waals surface area contributed by atoms with Crippen molar-refractivity contribution in [1.29, 1.82) is 0 Å². The first-order chi connectivity index (χ1) is 15.9. The van der Waals surface area contributed by atoms with Crippen LogP contribution in [0.1, 0.15) is 34.2 Å². The molecular formula is C24H24FN3O5. The van der Waals surface area contributed by atoms with Crippen LogP contribution in [-0.4, -0.2) is 47.2 Å². The third-order valence-electron chi connectivity index (χ3n) is 5.53. The molecule has 4 rings (SSSR count). The maximum absolute atomic E-state index is 14.0. The van der Waals surface area contributed by atoms with Gasteiger partial charge >= 0.3 is 5.97 Å². The van der Waals surface area contributed by atoms with Gasteiger partial charge in [-0.25, -0.2) is 14.2 Å². The van der Waals surface area contributed by atoms with Crippen molar-refractivity contribution in [2.75, 3.05) is 20.8 Å². The molecule has 0 saturated carbocycles. The minimum absolute atomic E-state index is 0.00206. The largest absolute Gasteiger partial charge is 0.497 e. The van der Waals surface area contributed by atoms with Crippen LogP contribution in [0.15, 0.2) is 42.7 Å². The molecule has 2 aromatic carbocycles. The normalized spacial score (nSPS) is 13.0. The van der Waals surface area contributed by atoms with Gasteiger partial charge in [-0.05, 0) is 42.8 Å². The van der Waals surface area contributed by atoms with E-state index in [1.165, 1.54) is 18.5 Å². The molecule has 8 nitrogen and oxygen atoms in total. The molecule has 0 spiro atoms. The highest BCUT2D eigenvalue weighted by Crippen LogP contribution is 2.29. The maximum Gasteiger partial charge on any atom is 0.358 e. The zero-order valence-corrected chi connectivity index (χ0v) is 18.6. The number of hydrogen-bond acceptors (Lipinski definition) is 6. The van der Waals surface area contributed by atoms with E-state index in [4.69, 9.17) is 14.2 Å². The fourth-order valence-corrected chi connectivity index (χ4v) is 3.91. The number of methoxy groups -OCH3 is 2. The number of hydrogen-bond donors (Lipinski definition) is 0. The minimum Gasteiger partial charge on any atom is -0.497 e. The average molecular weight is 453 g/mol. The Morgan fingerprint density at radius 3 is 2.70 bits per heavy atom. The standard InChI is InChI=1S/C24H24FN3O5/c1-4-33-24(30)23-20-13-27(12-15-5-7-18(31-2)11-21(15)32-3)22(29)10-16-9-17(25)6-8-19(16)28(20)14-26-23/h5-9,11,14H,4,10,12-13H2,1-3H3. The molecule has 0 bridgehead atoms. The van der Waals surface area contributed by atoms with Crippen LogP contribution >= 0.6 is 0 Å². The molecule has 1 aliphatic heterocycles. The molecule has 2 heterocycles. The van der Waals surface area contributed by atoms with E-state index in [0.29, 0.717) is 28.4 Å². The monoisotopic (exact) mass is 453 g/mol. The third-order valence-corrected chi connectivity index (χ3v) is 5.53. The quantitative estimate of drug-likeness (QED) is 0.533. The number of fused-ring (bicyclic) bond motifs is 3. The Kier molecular flexibility index (Phi) is 6.30. The van der Waals surface area contributed by atoms with Gasteiger partial charge in [-0.15, -0.1) is 0 Å². The van der Waals surface area contributed by atoms with Crippen molar-refractivity contribution in [3.8, 4) is 17.2 Å². The van der Waals surface area contributed by atoms with Crippen LogP contribution in [0.25, 0.3) is 5.69 Å². The number of ether oxygens (including phenoxy) is 3. The fourth-order valence-electron chi connectivity index (χ4n) is 3.91. The summed E-state index contributed by atoms with van der Waals surface area (Å²) in [5, 5.41) is 0. The number of aromatic nitrogens is 2. The van der Waals surface area contributed by atoms with Crippen molar-refractivity contribution in [2.24, 2.45) is 0 Å². The number of nitrogens with zero attached hydrogens (tertiary/aromatic N) is 3. The van der Waals surface area contributed by atoms with E-state index >= 15 is 0 Å². The average Bonchev–Trinajstić information content (AvgIpc) is 3.21. The van der Waals surface area contributed by atoms with Gasteiger partial charge in [0.1, 0.15) is 23.6 Å². The first-order valence-electron chi connectivity index (χ1n) is 10.5. The number of imidazole rings is 1. The van der Waals surface area contributed by atoms with Crippen LogP contribution in [0.3, 0.4) is 0 Å². The lowest BCUT2D eigenvalue weighted by Gasteiger charge is -2.28. The molecule has 0 radical (unpaired) electrons. The van der Waals surface area contributed by atoms with E-state index in [1.54, 1.807) is 48.8 Å². The molecule has 0 saturated heterocycles. The topological polar surface area (TPSA) is 82.9 Å². The molecule has 0 N–H and O–H groups in total. The van der Waals surface area contributed by atoms with Gasteiger partial charge in [0.2, 0.25) is 5.91 Å². The summed E-state index contributed by atoms with van der Waals surface area (Å²) in [5.74, 6) is -0.0545. The first-order valence-corrected chi connectivity index (χ1v) is 10.5. The van der Waals surface area contributed by atoms with Gasteiger partial charge in [0.15, 0.2) is 5.69 Å². The van der Waals surface area contributed by atoms with Gasteiger partial charge in [0.05, 0.1) is 45.2 Å². The van der Waals surface area contributed by atoms with Gasteiger partial charge in [-0.2, -0.15) is 0 Å². The second-order valence-electron chi connectivity index (χ2n) is 7.51. The van der Waals surface area contributed by atoms with Crippen LogP contribution in [0.4, 0.5) is 4.39 Å². The summed E-state index contributed by atoms with van der Waals surface area (Å²) in [4.78, 5) is 31.7. The number of esters is 1. The van der Waals surface area contributed by atoms with Crippen molar-refractivity contribution < 1.29 is 28.2 Å². The molecule has 0 fully saturated rings. The van der Waals surface area contributed by atoms with Gasteiger partial charge in [-0.3, -0.25) is 4.79 Å². The molecule has 3 aromatic rings. The molecular weight excluding hydrogens is 429 g/mol. The van der Waals surface area contributed by atoms with Gasteiger partial charge in [-0.1, -0.05) is 0 Å². The number of carbonyl (C=O) groups is 2. The van der Waals surface area contributed by atoms with Crippen LogP contribution < -0.4 is 9.47 Å². The second kappa shape index (κ2) is 9.32. The highest BCUT2D eigenvalue weighted by atomic mass is 19.1. The van der Waals surface area contributed by atoms with Gasteiger partial charge in [0.25, 0.3) is 0 Å². The predicted molar refractivity (Wildman–Crippen MR) is 117 cm³/mol. The number of amides is 1. The Balaban J connectivity index is 1.79. The van der Waals surface area contributed by atoms with E-state index in [-0.39, 0.29) is 37.7 Å². The first kappa shape index (κ1) is 22.3. The van der Waals surface area contributed by atoms with Crippen LogP contribution in [0.5, 0.6) is 11.5 Å². The van der Waals surface area contributed by atoms with Crippen molar-refractivity contribution >= 4 is 11.9 Å². The Bertz CT molecular complexity index is 1210. The van der Waals surface area contributed by atoms with Gasteiger partial charge < -0.3 is 23.7 Å². The fraction of sp³-hybridized carbons (Fsp3) is 0.292.